The number of hydrogen-bond donors (Lipinski definition) is 2. The van der Waals surface area contributed by atoms with Crippen LogP contribution in [0.2, 0.25) is 0 Å². The largest absolute Gasteiger partial charge is 0.478 e. The molecule has 1 heterocycles. The van der Waals surface area contributed by atoms with Crippen molar-refractivity contribution in [3.05, 3.63) is 54.1 Å². The van der Waals surface area contributed by atoms with Crippen LogP contribution in [0.1, 0.15) is 13.3 Å². The van der Waals surface area contributed by atoms with Crippen LogP contribution in [0, 0.1) is 11.6 Å². The first-order valence-corrected chi connectivity index (χ1v) is 8.35. The van der Waals surface area contributed by atoms with Gasteiger partial charge in [-0.1, -0.05) is 12.1 Å². The van der Waals surface area contributed by atoms with Gasteiger partial charge in [-0.25, -0.2) is 8.78 Å². The Hall–Kier alpha value is -3.49. The van der Waals surface area contributed by atoms with Gasteiger partial charge in [0, 0.05) is 6.07 Å². The van der Waals surface area contributed by atoms with Crippen LogP contribution in [0.15, 0.2) is 42.5 Å². The lowest BCUT2D eigenvalue weighted by Crippen LogP contribution is -2.40. The van der Waals surface area contributed by atoms with Crippen LogP contribution in [-0.4, -0.2) is 30.0 Å². The highest BCUT2D eigenvalue weighted by molar-refractivity contribution is 6.00. The molecule has 2 atom stereocenters. The maximum Gasteiger partial charge on any atom is 0.310 e. The SMILES string of the molecule is CC(OC(=O)CC1Oc2ccccc2NC1=O)C(=O)Nc1cc(F)ccc1F. The van der Waals surface area contributed by atoms with E-state index >= 15 is 0 Å². The van der Waals surface area contributed by atoms with Crippen LogP contribution >= 0.6 is 0 Å². The zero-order valence-electron chi connectivity index (χ0n) is 14.7. The molecule has 0 spiro atoms. The summed E-state index contributed by atoms with van der Waals surface area (Å²) in [5.74, 6) is -3.39. The number of carbonyl (C=O) groups excluding carboxylic acids is 3. The van der Waals surface area contributed by atoms with Crippen LogP contribution in [0.4, 0.5) is 20.2 Å². The Bertz CT molecular complexity index is 934. The van der Waals surface area contributed by atoms with Gasteiger partial charge in [0.25, 0.3) is 11.8 Å². The molecular weight excluding hydrogens is 374 g/mol. The summed E-state index contributed by atoms with van der Waals surface area (Å²) >= 11 is 0. The van der Waals surface area contributed by atoms with Crippen molar-refractivity contribution in [3.8, 4) is 5.75 Å². The number of esters is 1. The average molecular weight is 390 g/mol. The first kappa shape index (κ1) is 19.3. The quantitative estimate of drug-likeness (QED) is 0.766. The molecule has 146 valence electrons. The summed E-state index contributed by atoms with van der Waals surface area (Å²) in [6.45, 7) is 1.27. The van der Waals surface area contributed by atoms with E-state index < -0.39 is 48.0 Å². The van der Waals surface area contributed by atoms with Crippen molar-refractivity contribution in [2.75, 3.05) is 10.6 Å². The fourth-order valence-corrected chi connectivity index (χ4v) is 2.50. The highest BCUT2D eigenvalue weighted by Gasteiger charge is 2.31. The second-order valence-corrected chi connectivity index (χ2v) is 6.04. The third-order valence-corrected chi connectivity index (χ3v) is 3.92. The van der Waals surface area contributed by atoms with Gasteiger partial charge >= 0.3 is 5.97 Å². The van der Waals surface area contributed by atoms with Crippen molar-refractivity contribution in [1.29, 1.82) is 0 Å². The van der Waals surface area contributed by atoms with Crippen molar-refractivity contribution in [3.63, 3.8) is 0 Å². The van der Waals surface area contributed by atoms with Gasteiger partial charge < -0.3 is 20.1 Å². The summed E-state index contributed by atoms with van der Waals surface area (Å²) in [6, 6.07) is 9.29. The van der Waals surface area contributed by atoms with E-state index in [9.17, 15) is 23.2 Å². The van der Waals surface area contributed by atoms with Gasteiger partial charge in [0.05, 0.1) is 17.8 Å². The van der Waals surface area contributed by atoms with Gasteiger partial charge in [0.1, 0.15) is 17.4 Å². The standard InChI is InChI=1S/C19H16F2N2O5/c1-10(18(25)23-14-8-11(20)6-7-12(14)21)27-17(24)9-16-19(26)22-13-4-2-3-5-15(13)28-16/h2-8,10,16H,9H2,1H3,(H,22,26)(H,23,25). The molecule has 0 fully saturated rings. The lowest BCUT2D eigenvalue weighted by molar-refractivity contribution is -0.155. The third-order valence-electron chi connectivity index (χ3n) is 3.92. The topological polar surface area (TPSA) is 93.7 Å². The van der Waals surface area contributed by atoms with Gasteiger partial charge in [-0.15, -0.1) is 0 Å². The number of rotatable bonds is 5. The summed E-state index contributed by atoms with van der Waals surface area (Å²) in [5, 5.41) is 4.75. The number of ether oxygens (including phenoxy) is 2. The van der Waals surface area contributed by atoms with Gasteiger partial charge in [-0.05, 0) is 31.2 Å². The fraction of sp³-hybridized carbons (Fsp3) is 0.211. The molecule has 1 aliphatic heterocycles. The van der Waals surface area contributed by atoms with E-state index in [1.165, 1.54) is 6.92 Å². The minimum atomic E-state index is -1.30. The highest BCUT2D eigenvalue weighted by Crippen LogP contribution is 2.29. The molecule has 9 heteroatoms. The van der Waals surface area contributed by atoms with Crippen LogP contribution in [0.5, 0.6) is 5.75 Å². The van der Waals surface area contributed by atoms with Crippen molar-refractivity contribution in [2.45, 2.75) is 25.6 Å². The molecule has 2 amide bonds. The summed E-state index contributed by atoms with van der Waals surface area (Å²) in [6.07, 6.45) is -2.83. The maximum atomic E-state index is 13.6. The lowest BCUT2D eigenvalue weighted by Gasteiger charge is -2.25. The predicted molar refractivity (Wildman–Crippen MR) is 94.6 cm³/mol. The van der Waals surface area contributed by atoms with Gasteiger partial charge in [0.15, 0.2) is 12.2 Å². The van der Waals surface area contributed by atoms with E-state index in [1.54, 1.807) is 24.3 Å². The second-order valence-electron chi connectivity index (χ2n) is 6.04. The number of para-hydroxylation sites is 2. The molecule has 2 N–H and O–H groups in total. The van der Waals surface area contributed by atoms with Crippen molar-refractivity contribution >= 4 is 29.2 Å². The molecule has 2 aromatic carbocycles. The Morgan fingerprint density at radius 1 is 1.25 bits per heavy atom. The average Bonchev–Trinajstić information content (AvgIpc) is 2.65. The molecule has 0 aromatic heterocycles. The molecule has 0 radical (unpaired) electrons. The monoisotopic (exact) mass is 390 g/mol. The van der Waals surface area contributed by atoms with Crippen molar-refractivity contribution in [2.24, 2.45) is 0 Å². The van der Waals surface area contributed by atoms with Gasteiger partial charge in [-0.2, -0.15) is 0 Å². The summed E-state index contributed by atoms with van der Waals surface area (Å²) in [4.78, 5) is 36.1. The minimum absolute atomic E-state index is 0.375. The predicted octanol–water partition coefficient (Wildman–Crippen LogP) is 2.62. The molecule has 0 aliphatic carbocycles. The van der Waals surface area contributed by atoms with Crippen LogP contribution in [-0.2, 0) is 19.1 Å². The van der Waals surface area contributed by atoms with Crippen LogP contribution in [0.25, 0.3) is 0 Å². The number of fused-ring (bicyclic) bond motifs is 1. The fourth-order valence-electron chi connectivity index (χ4n) is 2.50. The Morgan fingerprint density at radius 2 is 2.00 bits per heavy atom. The number of carbonyl (C=O) groups is 3. The molecule has 28 heavy (non-hydrogen) atoms. The van der Waals surface area contributed by atoms with E-state index in [-0.39, 0.29) is 5.69 Å². The Balaban J connectivity index is 1.56. The van der Waals surface area contributed by atoms with E-state index in [2.05, 4.69) is 10.6 Å². The Morgan fingerprint density at radius 3 is 2.79 bits per heavy atom. The number of halogens is 2. The third kappa shape index (κ3) is 4.43. The lowest BCUT2D eigenvalue weighted by atomic mass is 10.1. The first-order valence-electron chi connectivity index (χ1n) is 8.35. The first-order chi connectivity index (χ1) is 13.3. The zero-order valence-corrected chi connectivity index (χ0v) is 14.7. The van der Waals surface area contributed by atoms with Crippen molar-refractivity contribution < 1.29 is 32.6 Å². The molecule has 2 unspecified atom stereocenters. The second kappa shape index (κ2) is 8.03. The minimum Gasteiger partial charge on any atom is -0.478 e. The molecule has 7 nitrogen and oxygen atoms in total. The van der Waals surface area contributed by atoms with Crippen LogP contribution < -0.4 is 15.4 Å². The molecule has 1 aliphatic rings. The molecule has 2 aromatic rings. The summed E-state index contributed by atoms with van der Waals surface area (Å²) in [7, 11) is 0. The smallest absolute Gasteiger partial charge is 0.310 e. The number of amides is 2. The van der Waals surface area contributed by atoms with E-state index in [0.29, 0.717) is 11.4 Å². The van der Waals surface area contributed by atoms with Crippen molar-refractivity contribution in [1.82, 2.24) is 0 Å². The summed E-state index contributed by atoms with van der Waals surface area (Å²) < 4.78 is 37.2. The van der Waals surface area contributed by atoms with Gasteiger partial charge in [-0.3, -0.25) is 14.4 Å². The molecular formula is C19H16F2N2O5. The number of benzene rings is 2. The van der Waals surface area contributed by atoms with Gasteiger partial charge in [0.2, 0.25) is 0 Å². The summed E-state index contributed by atoms with van der Waals surface area (Å²) in [5.41, 5.74) is 0.112. The molecule has 0 saturated heterocycles. The van der Waals surface area contributed by atoms with Crippen LogP contribution in [0.3, 0.4) is 0 Å². The normalized spacial score (nSPS) is 16.2. The molecule has 0 bridgehead atoms. The molecule has 3 rings (SSSR count). The molecule has 0 saturated carbocycles. The Kier molecular flexibility index (Phi) is 5.53. The maximum absolute atomic E-state index is 13.6. The Labute approximate surface area is 158 Å². The number of hydrogen-bond acceptors (Lipinski definition) is 5. The number of anilines is 2. The highest BCUT2D eigenvalue weighted by atomic mass is 19.1. The van der Waals surface area contributed by atoms with E-state index in [0.717, 1.165) is 18.2 Å². The zero-order chi connectivity index (χ0) is 20.3. The van der Waals surface area contributed by atoms with E-state index in [4.69, 9.17) is 9.47 Å². The van der Waals surface area contributed by atoms with E-state index in [1.807, 2.05) is 0 Å². The number of nitrogens with one attached hydrogen (secondary N) is 2.